The zero-order chi connectivity index (χ0) is 21.2. The third-order valence-electron chi connectivity index (χ3n) is 4.26. The fourth-order valence-corrected chi connectivity index (χ4v) is 3.48. The highest BCUT2D eigenvalue weighted by atomic mass is 32.2. The van der Waals surface area contributed by atoms with Gasteiger partial charge in [0.05, 0.1) is 13.2 Å². The van der Waals surface area contributed by atoms with Crippen molar-refractivity contribution in [3.63, 3.8) is 0 Å². The number of thioether (sulfide) groups is 1. The van der Waals surface area contributed by atoms with E-state index in [4.69, 9.17) is 17.0 Å². The molecule has 0 bridgehead atoms. The molecule has 3 aromatic carbocycles. The standard InChI is InChI=1S/C23H22F2N2OS2/c24-22(25)30-21-12-10-20(11-13-21)27-23(29)26-14-18-8-4-5-9-19(18)16-28-15-17-6-2-1-3-7-17/h1-13,22H,14-16H2,(H2,26,27,29). The van der Waals surface area contributed by atoms with Gasteiger partial charge < -0.3 is 15.4 Å². The summed E-state index contributed by atoms with van der Waals surface area (Å²) in [6, 6.07) is 24.8. The zero-order valence-corrected chi connectivity index (χ0v) is 17.8. The average Bonchev–Trinajstić information content (AvgIpc) is 2.75. The van der Waals surface area contributed by atoms with Gasteiger partial charge in [-0.25, -0.2) is 0 Å². The summed E-state index contributed by atoms with van der Waals surface area (Å²) in [5.41, 5.74) is 4.07. The second kappa shape index (κ2) is 11.6. The normalized spacial score (nSPS) is 10.8. The minimum Gasteiger partial charge on any atom is -0.372 e. The molecule has 30 heavy (non-hydrogen) atoms. The summed E-state index contributed by atoms with van der Waals surface area (Å²) in [5.74, 6) is -2.43. The molecule has 0 radical (unpaired) electrons. The molecule has 0 aliphatic heterocycles. The van der Waals surface area contributed by atoms with Crippen molar-refractivity contribution in [2.75, 3.05) is 5.32 Å². The molecule has 0 aromatic heterocycles. The molecular formula is C23H22F2N2OS2. The molecule has 3 nitrogen and oxygen atoms in total. The van der Waals surface area contributed by atoms with E-state index in [2.05, 4.69) is 10.6 Å². The van der Waals surface area contributed by atoms with E-state index in [9.17, 15) is 8.78 Å². The van der Waals surface area contributed by atoms with E-state index in [-0.39, 0.29) is 0 Å². The van der Waals surface area contributed by atoms with E-state index in [1.807, 2.05) is 54.6 Å². The van der Waals surface area contributed by atoms with Crippen molar-refractivity contribution < 1.29 is 13.5 Å². The maximum Gasteiger partial charge on any atom is 0.288 e. The van der Waals surface area contributed by atoms with Gasteiger partial charge in [0, 0.05) is 17.1 Å². The molecule has 0 atom stereocenters. The fraction of sp³-hybridized carbons (Fsp3) is 0.174. The number of ether oxygens (including phenoxy) is 1. The molecule has 0 unspecified atom stereocenters. The second-order valence-corrected chi connectivity index (χ2v) is 7.93. The smallest absolute Gasteiger partial charge is 0.288 e. The van der Waals surface area contributed by atoms with E-state index in [1.165, 1.54) is 0 Å². The maximum atomic E-state index is 12.4. The minimum atomic E-state index is -2.43. The zero-order valence-electron chi connectivity index (χ0n) is 16.2. The Bertz CT molecular complexity index is 937. The van der Waals surface area contributed by atoms with Crippen molar-refractivity contribution in [2.24, 2.45) is 0 Å². The molecule has 0 aliphatic rings. The van der Waals surface area contributed by atoms with Crippen LogP contribution in [-0.4, -0.2) is 10.9 Å². The van der Waals surface area contributed by atoms with Gasteiger partial charge in [-0.05, 0) is 53.2 Å². The van der Waals surface area contributed by atoms with Gasteiger partial charge in [-0.3, -0.25) is 0 Å². The summed E-state index contributed by atoms with van der Waals surface area (Å²) in [6.07, 6.45) is 0. The predicted molar refractivity (Wildman–Crippen MR) is 123 cm³/mol. The van der Waals surface area contributed by atoms with Crippen LogP contribution in [0, 0.1) is 0 Å². The first-order valence-electron chi connectivity index (χ1n) is 9.38. The fourth-order valence-electron chi connectivity index (χ4n) is 2.79. The Hall–Kier alpha value is -2.48. The van der Waals surface area contributed by atoms with Gasteiger partial charge in [0.25, 0.3) is 5.76 Å². The lowest BCUT2D eigenvalue weighted by molar-refractivity contribution is 0.106. The number of benzene rings is 3. The molecule has 0 heterocycles. The summed E-state index contributed by atoms with van der Waals surface area (Å²) in [6.45, 7) is 1.62. The number of hydrogen-bond donors (Lipinski definition) is 2. The number of halogens is 2. The molecule has 0 fully saturated rings. The molecule has 0 saturated carbocycles. The highest BCUT2D eigenvalue weighted by Crippen LogP contribution is 2.26. The molecule has 0 saturated heterocycles. The lowest BCUT2D eigenvalue weighted by atomic mass is 10.1. The highest BCUT2D eigenvalue weighted by Gasteiger charge is 2.06. The first-order chi connectivity index (χ1) is 14.6. The number of anilines is 1. The van der Waals surface area contributed by atoms with Gasteiger partial charge in [0.15, 0.2) is 5.11 Å². The van der Waals surface area contributed by atoms with Gasteiger partial charge in [-0.1, -0.05) is 66.4 Å². The second-order valence-electron chi connectivity index (χ2n) is 6.46. The Labute approximate surface area is 184 Å². The third-order valence-corrected chi connectivity index (χ3v) is 5.23. The van der Waals surface area contributed by atoms with E-state index in [1.54, 1.807) is 24.3 Å². The van der Waals surface area contributed by atoms with Crippen molar-refractivity contribution in [3.05, 3.63) is 95.6 Å². The molecule has 2 N–H and O–H groups in total. The van der Waals surface area contributed by atoms with Crippen molar-refractivity contribution in [3.8, 4) is 0 Å². The van der Waals surface area contributed by atoms with Crippen LogP contribution in [0.5, 0.6) is 0 Å². The number of rotatable bonds is 9. The van der Waals surface area contributed by atoms with Crippen molar-refractivity contribution in [1.29, 1.82) is 0 Å². The van der Waals surface area contributed by atoms with Crippen LogP contribution in [-0.2, 0) is 24.5 Å². The van der Waals surface area contributed by atoms with Gasteiger partial charge in [-0.15, -0.1) is 0 Å². The average molecular weight is 445 g/mol. The maximum absolute atomic E-state index is 12.4. The van der Waals surface area contributed by atoms with Crippen LogP contribution >= 0.6 is 24.0 Å². The lowest BCUT2D eigenvalue weighted by Crippen LogP contribution is -2.28. The van der Waals surface area contributed by atoms with E-state index >= 15 is 0 Å². The van der Waals surface area contributed by atoms with Crippen LogP contribution in [0.4, 0.5) is 14.5 Å². The monoisotopic (exact) mass is 444 g/mol. The molecule has 7 heteroatoms. The molecule has 3 rings (SSSR count). The molecule has 0 spiro atoms. The Kier molecular flexibility index (Phi) is 8.62. The Morgan fingerprint density at radius 1 is 0.867 bits per heavy atom. The number of thiocarbonyl (C=S) groups is 1. The summed E-state index contributed by atoms with van der Waals surface area (Å²) in [4.78, 5) is 0.513. The third kappa shape index (κ3) is 7.40. The first-order valence-corrected chi connectivity index (χ1v) is 10.7. The number of nitrogens with one attached hydrogen (secondary N) is 2. The molecule has 3 aromatic rings. The van der Waals surface area contributed by atoms with Gasteiger partial charge in [-0.2, -0.15) is 8.78 Å². The topological polar surface area (TPSA) is 33.3 Å². The Balaban J connectivity index is 1.48. The van der Waals surface area contributed by atoms with Crippen molar-refractivity contribution in [1.82, 2.24) is 5.32 Å². The molecule has 156 valence electrons. The molecule has 0 amide bonds. The quantitative estimate of drug-likeness (QED) is 0.303. The Morgan fingerprint density at radius 3 is 2.23 bits per heavy atom. The van der Waals surface area contributed by atoms with Crippen LogP contribution in [0.3, 0.4) is 0 Å². The number of alkyl halides is 2. The summed E-state index contributed by atoms with van der Waals surface area (Å²) < 4.78 is 30.6. The van der Waals surface area contributed by atoms with E-state index in [0.717, 1.165) is 22.4 Å². The largest absolute Gasteiger partial charge is 0.372 e. The van der Waals surface area contributed by atoms with Crippen LogP contribution in [0.15, 0.2) is 83.8 Å². The minimum absolute atomic E-state index is 0.462. The first kappa shape index (κ1) is 22.2. The van der Waals surface area contributed by atoms with Crippen molar-refractivity contribution in [2.45, 2.75) is 30.4 Å². The van der Waals surface area contributed by atoms with Crippen LogP contribution < -0.4 is 10.6 Å². The van der Waals surface area contributed by atoms with Crippen LogP contribution in [0.1, 0.15) is 16.7 Å². The SMILES string of the molecule is FC(F)Sc1ccc(NC(=S)NCc2ccccc2COCc2ccccc2)cc1. The Morgan fingerprint density at radius 2 is 1.53 bits per heavy atom. The lowest BCUT2D eigenvalue weighted by Gasteiger charge is -2.14. The van der Waals surface area contributed by atoms with Crippen LogP contribution in [0.2, 0.25) is 0 Å². The number of hydrogen-bond acceptors (Lipinski definition) is 3. The molecule has 0 aliphatic carbocycles. The van der Waals surface area contributed by atoms with E-state index in [0.29, 0.717) is 41.5 Å². The molecular weight excluding hydrogens is 422 g/mol. The van der Waals surface area contributed by atoms with Gasteiger partial charge in [0.2, 0.25) is 0 Å². The summed E-state index contributed by atoms with van der Waals surface area (Å²) >= 11 is 5.87. The predicted octanol–water partition coefficient (Wildman–Crippen LogP) is 6.20. The summed E-state index contributed by atoms with van der Waals surface area (Å²) in [5, 5.41) is 6.71. The van der Waals surface area contributed by atoms with Gasteiger partial charge >= 0.3 is 0 Å². The van der Waals surface area contributed by atoms with E-state index < -0.39 is 5.76 Å². The van der Waals surface area contributed by atoms with Crippen molar-refractivity contribution >= 4 is 34.8 Å². The van der Waals surface area contributed by atoms with Gasteiger partial charge in [0.1, 0.15) is 0 Å². The van der Waals surface area contributed by atoms with Crippen LogP contribution in [0.25, 0.3) is 0 Å². The summed E-state index contributed by atoms with van der Waals surface area (Å²) in [7, 11) is 0. The highest BCUT2D eigenvalue weighted by molar-refractivity contribution is 7.99.